The SMILES string of the molecule is CN(C)CCCN1CC2(CCC1=O)CCN(C(=O)[C@H](O)c1ccccc1)CC2. The number of nitrogens with zero attached hydrogens (tertiary/aromatic N) is 3. The number of amides is 2. The van der Waals surface area contributed by atoms with Gasteiger partial charge in [0, 0.05) is 32.6 Å². The summed E-state index contributed by atoms with van der Waals surface area (Å²) in [6, 6.07) is 9.11. The Morgan fingerprint density at radius 2 is 1.86 bits per heavy atom. The number of hydrogen-bond donors (Lipinski definition) is 1. The van der Waals surface area contributed by atoms with Gasteiger partial charge in [-0.1, -0.05) is 30.3 Å². The zero-order valence-corrected chi connectivity index (χ0v) is 17.1. The third-order valence-corrected chi connectivity index (χ3v) is 6.27. The Hall–Kier alpha value is -1.92. The molecule has 1 aromatic rings. The van der Waals surface area contributed by atoms with Crippen LogP contribution in [-0.2, 0) is 9.59 Å². The van der Waals surface area contributed by atoms with Crippen LogP contribution in [0.5, 0.6) is 0 Å². The minimum Gasteiger partial charge on any atom is -0.378 e. The van der Waals surface area contributed by atoms with Gasteiger partial charge in [0.1, 0.15) is 0 Å². The van der Waals surface area contributed by atoms with Crippen molar-refractivity contribution in [3.63, 3.8) is 0 Å². The van der Waals surface area contributed by atoms with Crippen LogP contribution in [-0.4, -0.2) is 78.4 Å². The van der Waals surface area contributed by atoms with E-state index in [0.717, 1.165) is 45.3 Å². The number of hydrogen-bond acceptors (Lipinski definition) is 4. The molecule has 2 fully saturated rings. The summed E-state index contributed by atoms with van der Waals surface area (Å²) in [7, 11) is 4.10. The predicted molar refractivity (Wildman–Crippen MR) is 109 cm³/mol. The number of benzene rings is 1. The fourth-order valence-electron chi connectivity index (χ4n) is 4.44. The quantitative estimate of drug-likeness (QED) is 0.810. The first-order valence-electron chi connectivity index (χ1n) is 10.3. The summed E-state index contributed by atoms with van der Waals surface area (Å²) in [6.07, 6.45) is 3.23. The number of carbonyl (C=O) groups excluding carboxylic acids is 2. The van der Waals surface area contributed by atoms with Crippen LogP contribution in [0.1, 0.15) is 43.8 Å². The van der Waals surface area contributed by atoms with E-state index >= 15 is 0 Å². The molecule has 1 atom stereocenters. The van der Waals surface area contributed by atoms with E-state index in [0.29, 0.717) is 25.1 Å². The molecule has 0 aromatic heterocycles. The number of aliphatic hydroxyl groups is 1. The summed E-state index contributed by atoms with van der Waals surface area (Å²) in [4.78, 5) is 31.0. The predicted octanol–water partition coefficient (Wildman–Crippen LogP) is 1.90. The molecule has 2 aliphatic heterocycles. The molecule has 6 heteroatoms. The highest BCUT2D eigenvalue weighted by Gasteiger charge is 2.42. The lowest BCUT2D eigenvalue weighted by Crippen LogP contribution is -2.53. The number of carbonyl (C=O) groups is 2. The molecule has 154 valence electrons. The van der Waals surface area contributed by atoms with Gasteiger partial charge in [-0.25, -0.2) is 0 Å². The molecule has 0 radical (unpaired) electrons. The van der Waals surface area contributed by atoms with Crippen molar-refractivity contribution in [3.8, 4) is 0 Å². The summed E-state index contributed by atoms with van der Waals surface area (Å²) >= 11 is 0. The molecule has 2 saturated heterocycles. The van der Waals surface area contributed by atoms with Gasteiger partial charge in [-0.05, 0) is 57.3 Å². The van der Waals surface area contributed by atoms with Crippen LogP contribution in [0.3, 0.4) is 0 Å². The van der Waals surface area contributed by atoms with Crippen molar-refractivity contribution in [1.29, 1.82) is 0 Å². The van der Waals surface area contributed by atoms with Crippen LogP contribution in [0.4, 0.5) is 0 Å². The first-order valence-corrected chi connectivity index (χ1v) is 10.3. The van der Waals surface area contributed by atoms with Gasteiger partial charge in [-0.15, -0.1) is 0 Å². The molecule has 1 spiro atoms. The first kappa shape index (κ1) is 20.8. The minimum atomic E-state index is -1.09. The molecule has 0 unspecified atom stereocenters. The maximum atomic E-state index is 12.7. The summed E-state index contributed by atoms with van der Waals surface area (Å²) < 4.78 is 0. The number of likely N-dealkylation sites (tertiary alicyclic amines) is 2. The Bertz CT molecular complexity index is 669. The molecular weight excluding hydrogens is 354 g/mol. The molecule has 0 aliphatic carbocycles. The van der Waals surface area contributed by atoms with Crippen LogP contribution in [0, 0.1) is 5.41 Å². The van der Waals surface area contributed by atoms with E-state index in [-0.39, 0.29) is 17.2 Å². The highest BCUT2D eigenvalue weighted by Crippen LogP contribution is 2.40. The average molecular weight is 388 g/mol. The summed E-state index contributed by atoms with van der Waals surface area (Å²) in [5.74, 6) is 0.0539. The standard InChI is InChI=1S/C22H33N3O3/c1-23(2)13-6-14-25-17-22(10-9-19(25)26)11-15-24(16-12-22)21(28)20(27)18-7-4-3-5-8-18/h3-5,7-8,20,27H,6,9-17H2,1-2H3/t20-/m1/s1. The summed E-state index contributed by atoms with van der Waals surface area (Å²) in [6.45, 7) is 3.91. The molecule has 2 amide bonds. The maximum absolute atomic E-state index is 12.7. The van der Waals surface area contributed by atoms with Gasteiger partial charge in [0.05, 0.1) is 0 Å². The monoisotopic (exact) mass is 387 g/mol. The van der Waals surface area contributed by atoms with Crippen LogP contribution in [0.2, 0.25) is 0 Å². The Labute approximate surface area is 168 Å². The lowest BCUT2D eigenvalue weighted by atomic mass is 9.72. The highest BCUT2D eigenvalue weighted by atomic mass is 16.3. The van der Waals surface area contributed by atoms with Gasteiger partial charge >= 0.3 is 0 Å². The van der Waals surface area contributed by atoms with Crippen LogP contribution < -0.4 is 0 Å². The van der Waals surface area contributed by atoms with Gasteiger partial charge in [0.2, 0.25) is 5.91 Å². The molecule has 3 rings (SSSR count). The Kier molecular flexibility index (Phi) is 6.73. The first-order chi connectivity index (χ1) is 13.4. The van der Waals surface area contributed by atoms with Crippen molar-refractivity contribution in [2.45, 2.75) is 38.2 Å². The number of piperidine rings is 2. The van der Waals surface area contributed by atoms with E-state index in [4.69, 9.17) is 0 Å². The second-order valence-corrected chi connectivity index (χ2v) is 8.61. The summed E-state index contributed by atoms with van der Waals surface area (Å²) in [5.41, 5.74) is 0.767. The van der Waals surface area contributed by atoms with Gasteiger partial charge in [0.15, 0.2) is 6.10 Å². The molecular formula is C22H33N3O3. The minimum absolute atomic E-state index is 0.126. The molecule has 0 bridgehead atoms. The van der Waals surface area contributed by atoms with E-state index in [2.05, 4.69) is 19.0 Å². The fourth-order valence-corrected chi connectivity index (χ4v) is 4.44. The zero-order chi connectivity index (χ0) is 20.1. The lowest BCUT2D eigenvalue weighted by Gasteiger charge is -2.47. The highest BCUT2D eigenvalue weighted by molar-refractivity contribution is 5.82. The molecule has 2 heterocycles. The van der Waals surface area contributed by atoms with Gasteiger partial charge in [-0.2, -0.15) is 0 Å². The molecule has 0 saturated carbocycles. The fraction of sp³-hybridized carbons (Fsp3) is 0.636. The second-order valence-electron chi connectivity index (χ2n) is 8.61. The van der Waals surface area contributed by atoms with Crippen molar-refractivity contribution in [1.82, 2.24) is 14.7 Å². The zero-order valence-electron chi connectivity index (χ0n) is 17.1. The normalized spacial score (nSPS) is 20.6. The van der Waals surface area contributed by atoms with E-state index in [1.54, 1.807) is 17.0 Å². The van der Waals surface area contributed by atoms with Gasteiger partial charge in [0.25, 0.3) is 5.91 Å². The summed E-state index contributed by atoms with van der Waals surface area (Å²) in [5, 5.41) is 10.4. The van der Waals surface area contributed by atoms with Crippen molar-refractivity contribution < 1.29 is 14.7 Å². The van der Waals surface area contributed by atoms with Crippen molar-refractivity contribution in [2.24, 2.45) is 5.41 Å². The van der Waals surface area contributed by atoms with Gasteiger partial charge < -0.3 is 19.8 Å². The van der Waals surface area contributed by atoms with E-state index in [1.165, 1.54) is 0 Å². The third kappa shape index (κ3) is 4.92. The van der Waals surface area contributed by atoms with Crippen molar-refractivity contribution in [3.05, 3.63) is 35.9 Å². The molecule has 6 nitrogen and oxygen atoms in total. The van der Waals surface area contributed by atoms with Crippen LogP contribution in [0.15, 0.2) is 30.3 Å². The number of aliphatic hydroxyl groups excluding tert-OH is 1. The Morgan fingerprint density at radius 3 is 2.50 bits per heavy atom. The molecule has 1 aromatic carbocycles. The lowest BCUT2D eigenvalue weighted by molar-refractivity contribution is -0.147. The van der Waals surface area contributed by atoms with Crippen LogP contribution >= 0.6 is 0 Å². The topological polar surface area (TPSA) is 64.1 Å². The van der Waals surface area contributed by atoms with E-state index < -0.39 is 6.10 Å². The average Bonchev–Trinajstić information content (AvgIpc) is 2.71. The smallest absolute Gasteiger partial charge is 0.256 e. The van der Waals surface area contributed by atoms with Crippen molar-refractivity contribution >= 4 is 11.8 Å². The maximum Gasteiger partial charge on any atom is 0.256 e. The van der Waals surface area contributed by atoms with Gasteiger partial charge in [-0.3, -0.25) is 9.59 Å². The Balaban J connectivity index is 1.54. The number of rotatable bonds is 6. The molecule has 1 N–H and O–H groups in total. The largest absolute Gasteiger partial charge is 0.378 e. The van der Waals surface area contributed by atoms with Crippen LogP contribution in [0.25, 0.3) is 0 Å². The van der Waals surface area contributed by atoms with E-state index in [1.807, 2.05) is 23.1 Å². The Morgan fingerprint density at radius 1 is 1.18 bits per heavy atom. The van der Waals surface area contributed by atoms with E-state index in [9.17, 15) is 14.7 Å². The van der Waals surface area contributed by atoms with Crippen molar-refractivity contribution in [2.75, 3.05) is 46.8 Å². The third-order valence-electron chi connectivity index (χ3n) is 6.27. The second kappa shape index (κ2) is 9.05. The molecule has 2 aliphatic rings. The molecule has 28 heavy (non-hydrogen) atoms.